The van der Waals surface area contributed by atoms with Crippen LogP contribution in [0.2, 0.25) is 5.02 Å². The Morgan fingerprint density at radius 1 is 1.24 bits per heavy atom. The van der Waals surface area contributed by atoms with Crippen molar-refractivity contribution in [1.82, 2.24) is 5.32 Å². The third-order valence-corrected chi connectivity index (χ3v) is 5.71. The molecule has 0 aromatic heterocycles. The zero-order valence-corrected chi connectivity index (χ0v) is 17.1. The monoisotopic (exact) mass is 518 g/mol. The van der Waals surface area contributed by atoms with Crippen LogP contribution in [0.1, 0.15) is 17.5 Å². The number of hydrogen-bond donors (Lipinski definition) is 5. The van der Waals surface area contributed by atoms with Crippen LogP contribution in [0, 0.1) is 16.7 Å². The second-order valence-electron chi connectivity index (χ2n) is 6.31. The van der Waals surface area contributed by atoms with Crippen molar-refractivity contribution in [3.8, 4) is 6.07 Å². The predicted molar refractivity (Wildman–Crippen MR) is 99.3 cm³/mol. The first-order chi connectivity index (χ1) is 15.0. The SMILES string of the molecule is N#CC(=N)/C(=C1/Nc2c(Cl)cc(C(F)(F)F)cc2C(CC(=O)O)(C(=O)O)N1)[S+]([O-])C(F)(F)F. The van der Waals surface area contributed by atoms with Crippen LogP contribution >= 0.6 is 11.6 Å². The zero-order valence-electron chi connectivity index (χ0n) is 15.5. The average molecular weight is 519 g/mol. The van der Waals surface area contributed by atoms with Crippen LogP contribution in [0.4, 0.5) is 32.0 Å². The highest BCUT2D eigenvalue weighted by Crippen LogP contribution is 2.46. The molecule has 2 rings (SSSR count). The molecule has 0 spiro atoms. The number of allylic oxidation sites excluding steroid dienone is 1. The molecule has 1 aromatic rings. The minimum atomic E-state index is -5.56. The van der Waals surface area contributed by atoms with E-state index >= 15 is 0 Å². The van der Waals surface area contributed by atoms with Crippen molar-refractivity contribution in [1.29, 1.82) is 10.7 Å². The second kappa shape index (κ2) is 8.65. The highest BCUT2D eigenvalue weighted by molar-refractivity contribution is 7.97. The Kier molecular flexibility index (Phi) is 6.84. The number of hydrogen-bond acceptors (Lipinski definition) is 7. The van der Waals surface area contributed by atoms with Crippen LogP contribution in [0.5, 0.6) is 0 Å². The van der Waals surface area contributed by atoms with Crippen molar-refractivity contribution in [2.75, 3.05) is 5.32 Å². The van der Waals surface area contributed by atoms with Gasteiger partial charge in [-0.1, -0.05) is 11.6 Å². The fourth-order valence-electron chi connectivity index (χ4n) is 2.87. The number of halogens is 7. The van der Waals surface area contributed by atoms with E-state index in [0.29, 0.717) is 6.07 Å². The standard InChI is InChI=1S/C16H9ClF6N4O5S/c17-7-2-5(15(18,19)20)1-6-10(7)26-12(27-14(6,13(30)31)3-9(28)29)11(8(25)4-24)33(32)16(21,22)23/h1-2,25-27H,3H2,(H,28,29)(H,30,31)/b12-11+,25-8?. The number of nitriles is 1. The molecule has 17 heteroatoms. The number of rotatable bonds is 5. The van der Waals surface area contributed by atoms with Crippen LogP contribution in [-0.2, 0) is 32.5 Å². The maximum Gasteiger partial charge on any atom is 0.578 e. The molecule has 0 aliphatic carbocycles. The number of carboxylic acid groups (broad SMARTS) is 2. The van der Waals surface area contributed by atoms with Gasteiger partial charge in [0.1, 0.15) is 17.2 Å². The molecule has 1 aliphatic heterocycles. The largest absolute Gasteiger partial charge is 0.604 e. The van der Waals surface area contributed by atoms with E-state index in [9.17, 15) is 50.7 Å². The number of aliphatic carboxylic acids is 2. The molecular formula is C16H9ClF6N4O5S. The fraction of sp³-hybridized carbons (Fsp3) is 0.250. The Labute approximate surface area is 187 Å². The van der Waals surface area contributed by atoms with Crippen LogP contribution in [0.25, 0.3) is 0 Å². The molecular weight excluding hydrogens is 510 g/mol. The first-order valence-electron chi connectivity index (χ1n) is 8.09. The van der Waals surface area contributed by atoms with Crippen molar-refractivity contribution in [3.63, 3.8) is 0 Å². The molecule has 1 aromatic carbocycles. The number of fused-ring (bicyclic) bond motifs is 1. The molecule has 0 amide bonds. The van der Waals surface area contributed by atoms with Gasteiger partial charge in [-0.2, -0.15) is 18.4 Å². The van der Waals surface area contributed by atoms with Gasteiger partial charge >= 0.3 is 23.6 Å². The first-order valence-corrected chi connectivity index (χ1v) is 9.62. The highest BCUT2D eigenvalue weighted by atomic mass is 35.5. The normalized spacial score (nSPS) is 20.5. The summed E-state index contributed by atoms with van der Waals surface area (Å²) in [5, 5.41) is 38.2. The average Bonchev–Trinajstić information content (AvgIpc) is 2.66. The Morgan fingerprint density at radius 3 is 2.24 bits per heavy atom. The van der Waals surface area contributed by atoms with Crippen molar-refractivity contribution in [3.05, 3.63) is 39.0 Å². The Bertz CT molecular complexity index is 1120. The van der Waals surface area contributed by atoms with Gasteiger partial charge < -0.3 is 25.4 Å². The lowest BCUT2D eigenvalue weighted by Gasteiger charge is -2.39. The van der Waals surface area contributed by atoms with E-state index in [4.69, 9.17) is 22.3 Å². The topological polar surface area (TPSA) is 169 Å². The molecule has 1 heterocycles. The summed E-state index contributed by atoms with van der Waals surface area (Å²) in [6.07, 6.45) is -6.60. The summed E-state index contributed by atoms with van der Waals surface area (Å²) in [7, 11) is 0. The van der Waals surface area contributed by atoms with Gasteiger partial charge in [-0.3, -0.25) is 10.2 Å². The maximum atomic E-state index is 13.2. The minimum Gasteiger partial charge on any atom is -0.604 e. The summed E-state index contributed by atoms with van der Waals surface area (Å²) >= 11 is 1.69. The van der Waals surface area contributed by atoms with Crippen molar-refractivity contribution < 1.29 is 50.7 Å². The number of nitrogens with zero attached hydrogens (tertiary/aromatic N) is 1. The van der Waals surface area contributed by atoms with Crippen LogP contribution in [0.3, 0.4) is 0 Å². The van der Waals surface area contributed by atoms with Gasteiger partial charge in [0, 0.05) is 5.56 Å². The Hall–Kier alpha value is -3.16. The summed E-state index contributed by atoms with van der Waals surface area (Å²) in [6, 6.07) is 1.51. The summed E-state index contributed by atoms with van der Waals surface area (Å²) < 4.78 is 91.0. The third-order valence-electron chi connectivity index (χ3n) is 4.21. The molecule has 5 N–H and O–H groups in total. The van der Waals surface area contributed by atoms with E-state index in [-0.39, 0.29) is 6.07 Å². The number of carboxylic acids is 2. The maximum absolute atomic E-state index is 13.2. The molecule has 2 unspecified atom stereocenters. The summed E-state index contributed by atoms with van der Waals surface area (Å²) in [4.78, 5) is 21.9. The van der Waals surface area contributed by atoms with Crippen molar-refractivity contribution in [2.24, 2.45) is 0 Å². The van der Waals surface area contributed by atoms with E-state index in [1.54, 1.807) is 5.32 Å². The molecule has 0 bridgehead atoms. The van der Waals surface area contributed by atoms with Crippen LogP contribution in [-0.4, -0.2) is 37.9 Å². The molecule has 0 radical (unpaired) electrons. The number of anilines is 1. The third kappa shape index (κ3) is 4.94. The van der Waals surface area contributed by atoms with E-state index in [2.05, 4.69) is 0 Å². The van der Waals surface area contributed by atoms with Crippen LogP contribution in [0.15, 0.2) is 22.9 Å². The van der Waals surface area contributed by atoms with E-state index in [0.717, 1.165) is 6.07 Å². The highest BCUT2D eigenvalue weighted by Gasteiger charge is 2.54. The molecule has 9 nitrogen and oxygen atoms in total. The lowest BCUT2D eigenvalue weighted by Crippen LogP contribution is -2.55. The lowest BCUT2D eigenvalue weighted by atomic mass is 9.82. The lowest BCUT2D eigenvalue weighted by molar-refractivity contribution is -0.152. The van der Waals surface area contributed by atoms with Gasteiger partial charge in [0.25, 0.3) is 0 Å². The second-order valence-corrected chi connectivity index (χ2v) is 8.13. The summed E-state index contributed by atoms with van der Waals surface area (Å²) in [5.74, 6) is -5.27. The Balaban J connectivity index is 3.00. The van der Waals surface area contributed by atoms with Gasteiger partial charge in [0.15, 0.2) is 17.1 Å². The summed E-state index contributed by atoms with van der Waals surface area (Å²) in [6.45, 7) is 0. The number of carbonyl (C=O) groups is 2. The van der Waals surface area contributed by atoms with Gasteiger partial charge in [-0.05, 0) is 12.1 Å². The van der Waals surface area contributed by atoms with E-state index in [1.165, 1.54) is 0 Å². The van der Waals surface area contributed by atoms with Crippen molar-refractivity contribution in [2.45, 2.75) is 23.6 Å². The number of benzene rings is 1. The van der Waals surface area contributed by atoms with E-state index < -0.39 is 85.0 Å². The molecule has 1 aliphatic rings. The van der Waals surface area contributed by atoms with Crippen molar-refractivity contribution >= 4 is 46.1 Å². The van der Waals surface area contributed by atoms with Gasteiger partial charge in [0.2, 0.25) is 4.91 Å². The van der Waals surface area contributed by atoms with Gasteiger partial charge in [-0.15, -0.1) is 13.2 Å². The molecule has 178 valence electrons. The van der Waals surface area contributed by atoms with Crippen LogP contribution < -0.4 is 10.6 Å². The zero-order chi connectivity index (χ0) is 25.5. The number of alkyl halides is 6. The quantitative estimate of drug-likeness (QED) is 0.225. The molecule has 0 saturated heterocycles. The molecule has 2 atom stereocenters. The van der Waals surface area contributed by atoms with E-state index in [1.807, 2.05) is 5.32 Å². The predicted octanol–water partition coefficient (Wildman–Crippen LogP) is 3.11. The molecule has 0 fully saturated rings. The summed E-state index contributed by atoms with van der Waals surface area (Å²) in [5.41, 5.74) is -13.4. The molecule has 0 saturated carbocycles. The fourth-order valence-corrected chi connectivity index (χ4v) is 3.89. The van der Waals surface area contributed by atoms with Gasteiger partial charge in [-0.25, -0.2) is 4.79 Å². The number of nitrogens with one attached hydrogen (secondary N) is 3. The Morgan fingerprint density at radius 2 is 1.82 bits per heavy atom. The first kappa shape index (κ1) is 26.1. The minimum absolute atomic E-state index is 0.227. The smallest absolute Gasteiger partial charge is 0.578 e. The van der Waals surface area contributed by atoms with Gasteiger partial charge in [0.05, 0.1) is 22.7 Å². The molecule has 33 heavy (non-hydrogen) atoms.